The number of oxime groups is 1. The first-order valence-corrected chi connectivity index (χ1v) is 11.3. The van der Waals surface area contributed by atoms with Crippen molar-refractivity contribution in [2.45, 2.75) is 19.0 Å². The number of hydrogen-bond donors (Lipinski definition) is 1. The van der Waals surface area contributed by atoms with Crippen LogP contribution in [0.25, 0.3) is 0 Å². The van der Waals surface area contributed by atoms with Crippen LogP contribution < -0.4 is 9.46 Å². The van der Waals surface area contributed by atoms with Gasteiger partial charge in [-0.15, -0.1) is 0 Å². The highest BCUT2D eigenvalue weighted by Gasteiger charge is 2.46. The Morgan fingerprint density at radius 3 is 2.39 bits per heavy atom. The second kappa shape index (κ2) is 10.1. The van der Waals surface area contributed by atoms with Crippen LogP contribution >= 0.6 is 11.6 Å². The van der Waals surface area contributed by atoms with Gasteiger partial charge in [-0.3, -0.25) is 4.72 Å². The molecule has 174 valence electrons. The Bertz CT molecular complexity index is 1250. The maximum absolute atomic E-state index is 12.8. The van der Waals surface area contributed by atoms with Crippen molar-refractivity contribution >= 4 is 33.0 Å². The van der Waals surface area contributed by atoms with Gasteiger partial charge in [-0.1, -0.05) is 47.1 Å². The molecule has 3 aromatic carbocycles. The second-order valence-electron chi connectivity index (χ2n) is 6.75. The van der Waals surface area contributed by atoms with Crippen LogP contribution in [-0.4, -0.2) is 19.6 Å². The molecule has 0 unspecified atom stereocenters. The Balaban J connectivity index is 1.73. The van der Waals surface area contributed by atoms with E-state index >= 15 is 0 Å². The summed E-state index contributed by atoms with van der Waals surface area (Å²) in [5, 5.41) is 4.08. The molecular weight excluding hydrogens is 481 g/mol. The van der Waals surface area contributed by atoms with Crippen molar-refractivity contribution in [3.05, 3.63) is 88.9 Å². The van der Waals surface area contributed by atoms with Gasteiger partial charge < -0.3 is 9.57 Å². The minimum atomic E-state index is -5.62. The minimum absolute atomic E-state index is 0.0352. The third-order valence-corrected chi connectivity index (χ3v) is 5.56. The molecule has 0 fully saturated rings. The number of alkyl halides is 3. The van der Waals surface area contributed by atoms with Crippen molar-refractivity contribution in [3.8, 4) is 11.5 Å². The summed E-state index contributed by atoms with van der Waals surface area (Å²) in [5.41, 5.74) is -4.92. The number of hydrogen-bond acceptors (Lipinski definition) is 5. The third-order valence-electron chi connectivity index (χ3n) is 4.23. The topological polar surface area (TPSA) is 77.0 Å². The van der Waals surface area contributed by atoms with Gasteiger partial charge in [-0.2, -0.15) is 21.6 Å². The van der Waals surface area contributed by atoms with Crippen LogP contribution in [0.3, 0.4) is 0 Å². The molecule has 0 amide bonds. The van der Waals surface area contributed by atoms with Crippen LogP contribution in [0.1, 0.15) is 18.1 Å². The third kappa shape index (κ3) is 6.62. The van der Waals surface area contributed by atoms with Gasteiger partial charge >= 0.3 is 15.5 Å². The molecule has 0 saturated heterocycles. The standard InChI is InChI=1S/C22H18ClF3N2O4S/c1-15(20-13-17(23)10-11-21(20)28-33(29,30)22(24,25)26)27-31-14-16-6-5-9-19(12-16)32-18-7-3-2-4-8-18/h2-13,28H,14H2,1H3. The number of nitrogens with zero attached hydrogens (tertiary/aromatic N) is 1. The van der Waals surface area contributed by atoms with E-state index < -0.39 is 15.5 Å². The first-order valence-electron chi connectivity index (χ1n) is 9.42. The number of nitrogens with one attached hydrogen (secondary N) is 1. The Hall–Kier alpha value is -3.24. The van der Waals surface area contributed by atoms with Crippen molar-refractivity contribution < 1.29 is 31.2 Å². The van der Waals surface area contributed by atoms with Crippen molar-refractivity contribution in [1.82, 2.24) is 0 Å². The lowest BCUT2D eigenvalue weighted by atomic mass is 10.1. The van der Waals surface area contributed by atoms with E-state index in [4.69, 9.17) is 21.2 Å². The van der Waals surface area contributed by atoms with Crippen molar-refractivity contribution in [1.29, 1.82) is 0 Å². The second-order valence-corrected chi connectivity index (χ2v) is 8.86. The molecule has 0 spiro atoms. The van der Waals surface area contributed by atoms with Crippen LogP contribution in [0, 0.1) is 0 Å². The summed E-state index contributed by atoms with van der Waals surface area (Å²) >= 11 is 5.93. The zero-order valence-electron chi connectivity index (χ0n) is 17.1. The summed E-state index contributed by atoms with van der Waals surface area (Å²) in [6.45, 7) is 1.49. The van der Waals surface area contributed by atoms with E-state index in [-0.39, 0.29) is 28.6 Å². The van der Waals surface area contributed by atoms with Gasteiger partial charge in [0.25, 0.3) is 0 Å². The Labute approximate surface area is 193 Å². The molecule has 0 aliphatic rings. The number of anilines is 1. The van der Waals surface area contributed by atoms with E-state index in [2.05, 4.69) is 5.16 Å². The van der Waals surface area contributed by atoms with Gasteiger partial charge in [0, 0.05) is 10.6 Å². The maximum Gasteiger partial charge on any atom is 0.516 e. The molecule has 3 aromatic rings. The molecule has 0 bridgehead atoms. The van der Waals surface area contributed by atoms with Gasteiger partial charge in [0.05, 0.1) is 11.4 Å². The molecule has 6 nitrogen and oxygen atoms in total. The summed E-state index contributed by atoms with van der Waals surface area (Å²) < 4.78 is 68.5. The van der Waals surface area contributed by atoms with Crippen LogP contribution in [0.2, 0.25) is 5.02 Å². The zero-order valence-corrected chi connectivity index (χ0v) is 18.7. The van der Waals surface area contributed by atoms with E-state index in [1.165, 1.54) is 23.8 Å². The summed E-state index contributed by atoms with van der Waals surface area (Å²) in [5.74, 6) is 1.25. The Morgan fingerprint density at radius 2 is 1.70 bits per heavy atom. The quantitative estimate of drug-likeness (QED) is 0.290. The molecule has 0 atom stereocenters. The van der Waals surface area contributed by atoms with Crippen LogP contribution in [0.15, 0.2) is 78.0 Å². The van der Waals surface area contributed by atoms with E-state index in [0.29, 0.717) is 11.5 Å². The molecular formula is C22H18ClF3N2O4S. The molecule has 0 aliphatic heterocycles. The summed E-state index contributed by atoms with van der Waals surface area (Å²) in [4.78, 5) is 5.32. The fourth-order valence-corrected chi connectivity index (χ4v) is 3.44. The average Bonchev–Trinajstić information content (AvgIpc) is 2.75. The maximum atomic E-state index is 12.8. The first kappa shape index (κ1) is 24.4. The SMILES string of the molecule is CC(=NOCc1cccc(Oc2ccccc2)c1)c1cc(Cl)ccc1NS(=O)(=O)C(F)(F)F. The Kier molecular flexibility index (Phi) is 7.50. The predicted octanol–water partition coefficient (Wildman–Crippen LogP) is 6.33. The van der Waals surface area contributed by atoms with E-state index in [1.54, 1.807) is 24.3 Å². The lowest BCUT2D eigenvalue weighted by molar-refractivity contribution is -0.0429. The average molecular weight is 499 g/mol. The smallest absolute Gasteiger partial charge is 0.457 e. The summed E-state index contributed by atoms with van der Waals surface area (Å²) in [7, 11) is -5.62. The summed E-state index contributed by atoms with van der Waals surface area (Å²) in [6.07, 6.45) is 0. The predicted molar refractivity (Wildman–Crippen MR) is 120 cm³/mol. The highest BCUT2D eigenvalue weighted by atomic mass is 35.5. The molecule has 3 rings (SSSR count). The molecule has 33 heavy (non-hydrogen) atoms. The molecule has 11 heteroatoms. The fourth-order valence-electron chi connectivity index (χ4n) is 2.68. The lowest BCUT2D eigenvalue weighted by Crippen LogP contribution is -2.30. The van der Waals surface area contributed by atoms with Gasteiger partial charge in [0.15, 0.2) is 0 Å². The molecule has 1 N–H and O–H groups in total. The lowest BCUT2D eigenvalue weighted by Gasteiger charge is -2.14. The van der Waals surface area contributed by atoms with Crippen molar-refractivity contribution in [2.24, 2.45) is 5.16 Å². The number of benzene rings is 3. The number of para-hydroxylation sites is 1. The number of rotatable bonds is 8. The van der Waals surface area contributed by atoms with Gasteiger partial charge in [0.1, 0.15) is 18.1 Å². The number of halogens is 4. The number of ether oxygens (including phenoxy) is 1. The Morgan fingerprint density at radius 1 is 1.00 bits per heavy atom. The normalized spacial score (nSPS) is 12.3. The monoisotopic (exact) mass is 498 g/mol. The molecule has 0 aliphatic carbocycles. The molecule has 0 aromatic heterocycles. The van der Waals surface area contributed by atoms with Gasteiger partial charge in [0.2, 0.25) is 0 Å². The van der Waals surface area contributed by atoms with Crippen molar-refractivity contribution in [2.75, 3.05) is 4.72 Å². The highest BCUT2D eigenvalue weighted by Crippen LogP contribution is 2.29. The van der Waals surface area contributed by atoms with Crippen molar-refractivity contribution in [3.63, 3.8) is 0 Å². The first-order chi connectivity index (χ1) is 15.5. The van der Waals surface area contributed by atoms with Gasteiger partial charge in [-0.05, 0) is 55.0 Å². The molecule has 0 heterocycles. The number of sulfonamides is 1. The highest BCUT2D eigenvalue weighted by molar-refractivity contribution is 7.93. The largest absolute Gasteiger partial charge is 0.516 e. The zero-order chi connectivity index (χ0) is 24.1. The summed E-state index contributed by atoms with van der Waals surface area (Å²) in [6, 6.07) is 19.9. The minimum Gasteiger partial charge on any atom is -0.457 e. The fraction of sp³-hybridized carbons (Fsp3) is 0.136. The van der Waals surface area contributed by atoms with E-state index in [9.17, 15) is 21.6 Å². The van der Waals surface area contributed by atoms with Crippen LogP contribution in [-0.2, 0) is 21.5 Å². The van der Waals surface area contributed by atoms with Gasteiger partial charge in [-0.25, -0.2) is 0 Å². The van der Waals surface area contributed by atoms with Crippen LogP contribution in [0.4, 0.5) is 18.9 Å². The molecule has 0 saturated carbocycles. The van der Waals surface area contributed by atoms with Crippen LogP contribution in [0.5, 0.6) is 11.5 Å². The van der Waals surface area contributed by atoms with E-state index in [0.717, 1.165) is 11.6 Å². The van der Waals surface area contributed by atoms with E-state index in [1.807, 2.05) is 30.3 Å². The molecule has 0 radical (unpaired) electrons.